The van der Waals surface area contributed by atoms with Gasteiger partial charge in [0.2, 0.25) is 21.7 Å². The van der Waals surface area contributed by atoms with Crippen molar-refractivity contribution in [3.63, 3.8) is 0 Å². The molecular formula is C19H22N4O6S. The van der Waals surface area contributed by atoms with Crippen LogP contribution in [0.1, 0.15) is 6.92 Å². The molecular weight excluding hydrogens is 412 g/mol. The monoisotopic (exact) mass is 434 g/mol. The Morgan fingerprint density at radius 1 is 1.10 bits per heavy atom. The summed E-state index contributed by atoms with van der Waals surface area (Å²) in [5.74, 6) is 0.00272. The van der Waals surface area contributed by atoms with Gasteiger partial charge in [-0.3, -0.25) is 14.9 Å². The van der Waals surface area contributed by atoms with E-state index in [0.717, 1.165) is 6.07 Å². The van der Waals surface area contributed by atoms with Crippen molar-refractivity contribution in [2.24, 2.45) is 0 Å². The zero-order chi connectivity index (χ0) is 21.9. The van der Waals surface area contributed by atoms with Gasteiger partial charge in [-0.05, 0) is 43.4 Å². The van der Waals surface area contributed by atoms with Crippen LogP contribution in [0.15, 0.2) is 47.4 Å². The molecule has 0 aromatic heterocycles. The molecule has 1 aliphatic rings. The number of carbonyl (C=O) groups is 1. The third kappa shape index (κ3) is 4.93. The molecule has 0 aliphatic carbocycles. The van der Waals surface area contributed by atoms with Crippen LogP contribution in [0, 0.1) is 10.1 Å². The fourth-order valence-electron chi connectivity index (χ4n) is 3.00. The Balaban J connectivity index is 1.85. The number of carbonyl (C=O) groups excluding carboxylic acids is 1. The number of hydrogen-bond donors (Lipinski definition) is 1. The van der Waals surface area contributed by atoms with E-state index in [1.807, 2.05) is 11.9 Å². The lowest BCUT2D eigenvalue weighted by atomic mass is 10.2. The molecule has 11 heteroatoms. The first-order valence-corrected chi connectivity index (χ1v) is 10.6. The highest BCUT2D eigenvalue weighted by Crippen LogP contribution is 2.34. The Morgan fingerprint density at radius 2 is 1.73 bits per heavy atom. The third-order valence-corrected chi connectivity index (χ3v) is 6.52. The largest absolute Gasteiger partial charge is 0.450 e. The molecule has 10 nitrogen and oxygen atoms in total. The van der Waals surface area contributed by atoms with E-state index in [4.69, 9.17) is 4.74 Å². The summed E-state index contributed by atoms with van der Waals surface area (Å²) in [6.07, 6.45) is 0. The predicted molar refractivity (Wildman–Crippen MR) is 110 cm³/mol. The highest BCUT2D eigenvalue weighted by atomic mass is 32.2. The molecule has 0 saturated carbocycles. The molecule has 0 unspecified atom stereocenters. The van der Waals surface area contributed by atoms with Crippen molar-refractivity contribution in [1.82, 2.24) is 9.21 Å². The molecule has 0 spiro atoms. The van der Waals surface area contributed by atoms with Crippen LogP contribution < -0.4 is 10.1 Å². The van der Waals surface area contributed by atoms with Crippen LogP contribution in [0.5, 0.6) is 11.5 Å². The van der Waals surface area contributed by atoms with Gasteiger partial charge in [0.1, 0.15) is 5.75 Å². The second-order valence-corrected chi connectivity index (χ2v) is 8.84. The minimum atomic E-state index is -3.84. The molecule has 1 fully saturated rings. The molecule has 1 amide bonds. The molecule has 30 heavy (non-hydrogen) atoms. The maximum Gasteiger partial charge on any atom is 0.312 e. The first-order valence-electron chi connectivity index (χ1n) is 9.19. The Hall–Kier alpha value is -3.02. The molecule has 0 radical (unpaired) electrons. The van der Waals surface area contributed by atoms with E-state index in [9.17, 15) is 23.3 Å². The van der Waals surface area contributed by atoms with Crippen LogP contribution in [0.3, 0.4) is 0 Å². The minimum absolute atomic E-state index is 0.0791. The van der Waals surface area contributed by atoms with Gasteiger partial charge >= 0.3 is 5.69 Å². The smallest absolute Gasteiger partial charge is 0.312 e. The molecule has 0 bridgehead atoms. The van der Waals surface area contributed by atoms with E-state index in [-0.39, 0.29) is 16.6 Å². The summed E-state index contributed by atoms with van der Waals surface area (Å²) < 4.78 is 32.7. The fourth-order valence-corrected chi connectivity index (χ4v) is 4.44. The van der Waals surface area contributed by atoms with Crippen molar-refractivity contribution in [1.29, 1.82) is 0 Å². The van der Waals surface area contributed by atoms with Crippen molar-refractivity contribution in [3.8, 4) is 11.5 Å². The summed E-state index contributed by atoms with van der Waals surface area (Å²) in [6, 6.07) is 9.89. The molecule has 1 aliphatic heterocycles. The average Bonchev–Trinajstić information content (AvgIpc) is 2.69. The Labute approximate surface area is 174 Å². The second-order valence-electron chi connectivity index (χ2n) is 6.90. The van der Waals surface area contributed by atoms with E-state index < -0.39 is 20.6 Å². The maximum absolute atomic E-state index is 12.9. The van der Waals surface area contributed by atoms with Gasteiger partial charge in [-0.15, -0.1) is 0 Å². The first-order chi connectivity index (χ1) is 14.2. The van der Waals surface area contributed by atoms with Gasteiger partial charge in [-0.2, -0.15) is 4.31 Å². The summed E-state index contributed by atoms with van der Waals surface area (Å²) in [4.78, 5) is 23.8. The van der Waals surface area contributed by atoms with Gasteiger partial charge in [0.15, 0.2) is 0 Å². The number of rotatable bonds is 6. The topological polar surface area (TPSA) is 122 Å². The highest BCUT2D eigenvalue weighted by Gasteiger charge is 2.30. The van der Waals surface area contributed by atoms with Crippen molar-refractivity contribution in [2.45, 2.75) is 11.8 Å². The number of likely N-dealkylation sites (N-methyl/N-ethyl adjacent to an activating group) is 1. The molecule has 1 N–H and O–H groups in total. The van der Waals surface area contributed by atoms with Gasteiger partial charge in [-0.25, -0.2) is 8.42 Å². The summed E-state index contributed by atoms with van der Waals surface area (Å²) in [6.45, 7) is 3.22. The fraction of sp³-hybridized carbons (Fsp3) is 0.316. The lowest BCUT2D eigenvalue weighted by molar-refractivity contribution is -0.385. The molecule has 1 saturated heterocycles. The lowest BCUT2D eigenvalue weighted by Crippen LogP contribution is -2.47. The van der Waals surface area contributed by atoms with E-state index >= 15 is 0 Å². The minimum Gasteiger partial charge on any atom is -0.450 e. The summed E-state index contributed by atoms with van der Waals surface area (Å²) in [5.41, 5.74) is 0.106. The standard InChI is InChI=1S/C19H22N4O6S/c1-14(24)20-15-3-5-16(6-4-15)29-19-8-7-17(13-18(19)23(25)26)30(27,28)22-11-9-21(2)10-12-22/h3-8,13H,9-12H2,1-2H3,(H,20,24). The SMILES string of the molecule is CC(=O)Nc1ccc(Oc2ccc(S(=O)(=O)N3CCN(C)CC3)cc2[N+](=O)[O-])cc1. The zero-order valence-electron chi connectivity index (χ0n) is 16.6. The highest BCUT2D eigenvalue weighted by molar-refractivity contribution is 7.89. The number of ether oxygens (including phenoxy) is 1. The first kappa shape index (κ1) is 21.7. The van der Waals surface area contributed by atoms with Gasteiger partial charge in [0, 0.05) is 44.9 Å². The third-order valence-electron chi connectivity index (χ3n) is 4.63. The summed E-state index contributed by atoms with van der Waals surface area (Å²) in [5, 5.41) is 14.2. The van der Waals surface area contributed by atoms with Crippen molar-refractivity contribution < 1.29 is 22.9 Å². The normalized spacial score (nSPS) is 15.5. The average molecular weight is 434 g/mol. The van der Waals surface area contributed by atoms with E-state index in [0.29, 0.717) is 37.6 Å². The number of hydrogen-bond acceptors (Lipinski definition) is 7. The number of nitro groups is 1. The Morgan fingerprint density at radius 3 is 2.30 bits per heavy atom. The van der Waals surface area contributed by atoms with Gasteiger partial charge in [-0.1, -0.05) is 0 Å². The Kier molecular flexibility index (Phi) is 6.34. The molecule has 1 heterocycles. The number of sulfonamides is 1. The van der Waals surface area contributed by atoms with Crippen molar-refractivity contribution >= 4 is 27.3 Å². The zero-order valence-corrected chi connectivity index (χ0v) is 17.4. The number of nitrogens with zero attached hydrogens (tertiary/aromatic N) is 3. The van der Waals surface area contributed by atoms with E-state index in [1.54, 1.807) is 24.3 Å². The van der Waals surface area contributed by atoms with Crippen LogP contribution in [-0.4, -0.2) is 61.7 Å². The van der Waals surface area contributed by atoms with Crippen LogP contribution in [0.4, 0.5) is 11.4 Å². The summed E-state index contributed by atoms with van der Waals surface area (Å²) >= 11 is 0. The second kappa shape index (κ2) is 8.78. The van der Waals surface area contributed by atoms with Crippen LogP contribution in [-0.2, 0) is 14.8 Å². The number of piperazine rings is 1. The van der Waals surface area contributed by atoms with E-state index in [1.165, 1.54) is 23.4 Å². The number of nitro benzene ring substituents is 1. The summed E-state index contributed by atoms with van der Waals surface area (Å²) in [7, 11) is -1.94. The number of nitrogens with one attached hydrogen (secondary N) is 1. The molecule has 3 rings (SSSR count). The van der Waals surface area contributed by atoms with Gasteiger partial charge < -0.3 is 15.0 Å². The molecule has 2 aromatic rings. The van der Waals surface area contributed by atoms with Crippen molar-refractivity contribution in [3.05, 3.63) is 52.6 Å². The number of benzene rings is 2. The van der Waals surface area contributed by atoms with Gasteiger partial charge in [0.25, 0.3) is 0 Å². The molecule has 160 valence electrons. The number of anilines is 1. The van der Waals surface area contributed by atoms with Crippen LogP contribution >= 0.6 is 0 Å². The van der Waals surface area contributed by atoms with Gasteiger partial charge in [0.05, 0.1) is 9.82 Å². The molecule has 0 atom stereocenters. The maximum atomic E-state index is 12.9. The predicted octanol–water partition coefficient (Wildman–Crippen LogP) is 2.28. The number of amides is 1. The quantitative estimate of drug-likeness (QED) is 0.547. The lowest BCUT2D eigenvalue weighted by Gasteiger charge is -2.31. The van der Waals surface area contributed by atoms with Crippen molar-refractivity contribution in [2.75, 3.05) is 38.5 Å². The molecule has 2 aromatic carbocycles. The van der Waals surface area contributed by atoms with E-state index in [2.05, 4.69) is 5.32 Å². The van der Waals surface area contributed by atoms with Crippen LogP contribution in [0.2, 0.25) is 0 Å². The van der Waals surface area contributed by atoms with Crippen LogP contribution in [0.25, 0.3) is 0 Å². The Bertz CT molecular complexity index is 1050.